The van der Waals surface area contributed by atoms with E-state index in [0.29, 0.717) is 23.0 Å². The van der Waals surface area contributed by atoms with Crippen LogP contribution in [0.4, 0.5) is 5.69 Å². The zero-order valence-electron chi connectivity index (χ0n) is 14.5. The quantitative estimate of drug-likeness (QED) is 0.646. The lowest BCUT2D eigenvalue weighted by atomic mass is 10.1. The summed E-state index contributed by atoms with van der Waals surface area (Å²) in [5, 5.41) is 2.55. The zero-order chi connectivity index (χ0) is 18.8. The van der Waals surface area contributed by atoms with Crippen molar-refractivity contribution < 1.29 is 33.0 Å². The maximum absolute atomic E-state index is 12.1. The van der Waals surface area contributed by atoms with Crippen molar-refractivity contribution in [3.8, 4) is 11.5 Å². The predicted octanol–water partition coefficient (Wildman–Crippen LogP) is 2.62. The molecule has 8 nitrogen and oxygen atoms in total. The van der Waals surface area contributed by atoms with Gasteiger partial charge in [0.2, 0.25) is 6.79 Å². The van der Waals surface area contributed by atoms with Gasteiger partial charge in [-0.05, 0) is 32.9 Å². The number of fused-ring (bicyclic) bond motifs is 1. The summed E-state index contributed by atoms with van der Waals surface area (Å²) in [6, 6.07) is 4.55. The Hall–Kier alpha value is -3.29. The molecule has 0 saturated carbocycles. The highest BCUT2D eigenvalue weighted by Crippen LogP contribution is 2.37. The van der Waals surface area contributed by atoms with Crippen molar-refractivity contribution in [1.29, 1.82) is 0 Å². The first-order valence-electron chi connectivity index (χ1n) is 7.83. The molecule has 0 fully saturated rings. The van der Waals surface area contributed by atoms with Gasteiger partial charge >= 0.3 is 5.97 Å². The lowest BCUT2D eigenvalue weighted by Crippen LogP contribution is -2.22. The fraction of sp³-hybridized carbons (Fsp3) is 0.278. The first-order valence-corrected chi connectivity index (χ1v) is 7.83. The molecule has 0 bridgehead atoms. The topological polar surface area (TPSA) is 104 Å². The Morgan fingerprint density at radius 1 is 1.08 bits per heavy atom. The van der Waals surface area contributed by atoms with E-state index in [9.17, 15) is 14.4 Å². The van der Waals surface area contributed by atoms with Crippen LogP contribution in [0, 0.1) is 13.8 Å². The molecule has 1 aliphatic heterocycles. The molecule has 1 aromatic carbocycles. The van der Waals surface area contributed by atoms with Gasteiger partial charge in [-0.3, -0.25) is 9.59 Å². The van der Waals surface area contributed by atoms with Gasteiger partial charge in [0.15, 0.2) is 23.9 Å². The Bertz CT molecular complexity index is 897. The Morgan fingerprint density at radius 3 is 2.38 bits per heavy atom. The molecule has 0 radical (unpaired) electrons. The molecule has 2 heterocycles. The standard InChI is InChI=1S/C18H17NO7/c1-9-4-13(11(3)26-9)18(22)23-7-17(21)19-14-6-16-15(24-8-25-16)5-12(14)10(2)20/h4-6H,7-8H2,1-3H3,(H,19,21). The van der Waals surface area contributed by atoms with E-state index >= 15 is 0 Å². The molecule has 0 atom stereocenters. The lowest BCUT2D eigenvalue weighted by molar-refractivity contribution is -0.119. The minimum Gasteiger partial charge on any atom is -0.466 e. The molecular weight excluding hydrogens is 342 g/mol. The van der Waals surface area contributed by atoms with Crippen LogP contribution in [-0.2, 0) is 9.53 Å². The number of furan rings is 1. The van der Waals surface area contributed by atoms with E-state index in [-0.39, 0.29) is 29.4 Å². The van der Waals surface area contributed by atoms with Gasteiger partial charge in [-0.2, -0.15) is 0 Å². The molecule has 1 aromatic heterocycles. The highest BCUT2D eigenvalue weighted by molar-refractivity contribution is 6.05. The summed E-state index contributed by atoms with van der Waals surface area (Å²) in [5.74, 6) is 0.356. The fourth-order valence-corrected chi connectivity index (χ4v) is 2.57. The third-order valence-corrected chi connectivity index (χ3v) is 3.76. The second kappa shape index (κ2) is 6.91. The Labute approximate surface area is 149 Å². The van der Waals surface area contributed by atoms with Gasteiger partial charge in [0.25, 0.3) is 5.91 Å². The average Bonchev–Trinajstić information content (AvgIpc) is 3.16. The second-order valence-electron chi connectivity index (χ2n) is 5.76. The van der Waals surface area contributed by atoms with Gasteiger partial charge in [-0.15, -0.1) is 0 Å². The third-order valence-electron chi connectivity index (χ3n) is 3.76. The van der Waals surface area contributed by atoms with E-state index in [2.05, 4.69) is 5.32 Å². The Balaban J connectivity index is 1.67. The first-order chi connectivity index (χ1) is 12.3. The van der Waals surface area contributed by atoms with E-state index in [0.717, 1.165) is 0 Å². The minimum absolute atomic E-state index is 0.0468. The number of carbonyl (C=O) groups is 3. The summed E-state index contributed by atoms with van der Waals surface area (Å²) in [7, 11) is 0. The molecule has 0 unspecified atom stereocenters. The van der Waals surface area contributed by atoms with Crippen LogP contribution in [0.5, 0.6) is 11.5 Å². The number of ether oxygens (including phenoxy) is 3. The molecule has 0 saturated heterocycles. The van der Waals surface area contributed by atoms with Crippen LogP contribution in [0.1, 0.15) is 39.2 Å². The number of hydrogen-bond acceptors (Lipinski definition) is 7. The predicted molar refractivity (Wildman–Crippen MR) is 89.7 cm³/mol. The lowest BCUT2D eigenvalue weighted by Gasteiger charge is -2.11. The maximum atomic E-state index is 12.1. The molecule has 2 aromatic rings. The van der Waals surface area contributed by atoms with Crippen molar-refractivity contribution in [3.63, 3.8) is 0 Å². The van der Waals surface area contributed by atoms with Gasteiger partial charge in [0, 0.05) is 11.6 Å². The molecule has 26 heavy (non-hydrogen) atoms. The Kier molecular flexibility index (Phi) is 4.66. The highest BCUT2D eigenvalue weighted by Gasteiger charge is 2.21. The van der Waals surface area contributed by atoms with Crippen molar-refractivity contribution in [2.24, 2.45) is 0 Å². The smallest absolute Gasteiger partial charge is 0.342 e. The Morgan fingerprint density at radius 2 is 1.77 bits per heavy atom. The molecule has 0 spiro atoms. The van der Waals surface area contributed by atoms with Crippen LogP contribution in [0.2, 0.25) is 0 Å². The monoisotopic (exact) mass is 359 g/mol. The molecule has 0 aliphatic carbocycles. The first kappa shape index (κ1) is 17.5. The van der Waals surface area contributed by atoms with Crippen LogP contribution >= 0.6 is 0 Å². The minimum atomic E-state index is -0.660. The summed E-state index contributed by atoms with van der Waals surface area (Å²) in [4.78, 5) is 35.9. The molecule has 1 aliphatic rings. The van der Waals surface area contributed by atoms with E-state index in [1.165, 1.54) is 19.1 Å². The summed E-state index contributed by atoms with van der Waals surface area (Å²) >= 11 is 0. The SMILES string of the molecule is CC(=O)c1cc2c(cc1NC(=O)COC(=O)c1cc(C)oc1C)OCO2. The third kappa shape index (κ3) is 3.53. The number of carbonyl (C=O) groups excluding carboxylic acids is 3. The van der Waals surface area contributed by atoms with Crippen LogP contribution in [-0.4, -0.2) is 31.1 Å². The van der Waals surface area contributed by atoms with E-state index in [1.807, 2.05) is 0 Å². The number of amides is 1. The van der Waals surface area contributed by atoms with Crippen LogP contribution in [0.3, 0.4) is 0 Å². The van der Waals surface area contributed by atoms with Gasteiger partial charge in [-0.1, -0.05) is 0 Å². The number of ketones is 1. The summed E-state index contributed by atoms with van der Waals surface area (Å²) in [5.41, 5.74) is 0.802. The van der Waals surface area contributed by atoms with Crippen molar-refractivity contribution >= 4 is 23.3 Å². The van der Waals surface area contributed by atoms with Crippen LogP contribution in [0.15, 0.2) is 22.6 Å². The highest BCUT2D eigenvalue weighted by atomic mass is 16.7. The van der Waals surface area contributed by atoms with Crippen LogP contribution in [0.25, 0.3) is 0 Å². The maximum Gasteiger partial charge on any atom is 0.342 e. The number of benzene rings is 1. The number of esters is 1. The van der Waals surface area contributed by atoms with Crippen LogP contribution < -0.4 is 14.8 Å². The number of hydrogen-bond donors (Lipinski definition) is 1. The number of aryl methyl sites for hydroxylation is 2. The number of Topliss-reactive ketones (excluding diaryl/α,β-unsaturated/α-hetero) is 1. The van der Waals surface area contributed by atoms with E-state index in [4.69, 9.17) is 18.6 Å². The van der Waals surface area contributed by atoms with Crippen molar-refractivity contribution in [3.05, 3.63) is 40.8 Å². The number of anilines is 1. The van der Waals surface area contributed by atoms with Crippen molar-refractivity contribution in [1.82, 2.24) is 0 Å². The molecule has 3 rings (SSSR count). The summed E-state index contributed by atoms with van der Waals surface area (Å²) in [6.07, 6.45) is 0. The number of nitrogens with one attached hydrogen (secondary N) is 1. The molecule has 136 valence electrons. The molecule has 1 N–H and O–H groups in total. The van der Waals surface area contributed by atoms with Crippen molar-refractivity contribution in [2.45, 2.75) is 20.8 Å². The normalized spacial score (nSPS) is 12.0. The van der Waals surface area contributed by atoms with E-state index < -0.39 is 18.5 Å². The van der Waals surface area contributed by atoms with Gasteiger partial charge in [0.1, 0.15) is 17.1 Å². The molecule has 1 amide bonds. The second-order valence-corrected chi connectivity index (χ2v) is 5.76. The molecular formula is C18H17NO7. The zero-order valence-corrected chi connectivity index (χ0v) is 14.5. The molecule has 8 heteroatoms. The largest absolute Gasteiger partial charge is 0.466 e. The van der Waals surface area contributed by atoms with Gasteiger partial charge in [0.05, 0.1) is 5.69 Å². The average molecular weight is 359 g/mol. The number of rotatable bonds is 5. The van der Waals surface area contributed by atoms with Gasteiger partial charge < -0.3 is 23.9 Å². The summed E-state index contributed by atoms with van der Waals surface area (Å²) < 4.78 is 20.7. The summed E-state index contributed by atoms with van der Waals surface area (Å²) in [6.45, 7) is 4.26. The fourth-order valence-electron chi connectivity index (χ4n) is 2.57. The van der Waals surface area contributed by atoms with Gasteiger partial charge in [-0.25, -0.2) is 4.79 Å². The van der Waals surface area contributed by atoms with Crippen molar-refractivity contribution in [2.75, 3.05) is 18.7 Å². The van der Waals surface area contributed by atoms with E-state index in [1.54, 1.807) is 19.9 Å².